The Bertz CT molecular complexity index is 545. The van der Waals surface area contributed by atoms with E-state index in [4.69, 9.17) is 11.6 Å². The van der Waals surface area contributed by atoms with E-state index < -0.39 is 0 Å². The third-order valence-corrected chi connectivity index (χ3v) is 5.30. The molecule has 2 fully saturated rings. The lowest BCUT2D eigenvalue weighted by atomic mass is 9.85. The Hall–Kier alpha value is -1.13. The summed E-state index contributed by atoms with van der Waals surface area (Å²) in [5.41, 5.74) is 0.465. The van der Waals surface area contributed by atoms with Crippen molar-refractivity contribution in [2.24, 2.45) is 11.8 Å². The molecule has 0 spiro atoms. The van der Waals surface area contributed by atoms with E-state index in [2.05, 4.69) is 5.32 Å². The summed E-state index contributed by atoms with van der Waals surface area (Å²) >= 11 is 6.07. The van der Waals surface area contributed by atoms with Crippen molar-refractivity contribution in [1.29, 1.82) is 0 Å². The van der Waals surface area contributed by atoms with Crippen LogP contribution in [0.5, 0.6) is 0 Å². The van der Waals surface area contributed by atoms with Gasteiger partial charge in [-0.05, 0) is 31.4 Å². The predicted octanol–water partition coefficient (Wildman–Crippen LogP) is 3.25. The van der Waals surface area contributed by atoms with Crippen molar-refractivity contribution in [3.8, 4) is 0 Å². The number of rotatable bonds is 4. The molecule has 1 aromatic carbocycles. The van der Waals surface area contributed by atoms with E-state index in [1.54, 1.807) is 12.1 Å². The summed E-state index contributed by atoms with van der Waals surface area (Å²) in [6, 6.07) is 4.67. The van der Waals surface area contributed by atoms with E-state index in [-0.39, 0.29) is 42.1 Å². The molecular formula is C17H21ClFNO2. The maximum absolute atomic E-state index is 13.9. The van der Waals surface area contributed by atoms with Gasteiger partial charge in [0.25, 0.3) is 0 Å². The Labute approximate surface area is 134 Å². The number of hydrogen-bond acceptors (Lipinski definition) is 2. The van der Waals surface area contributed by atoms with Crippen molar-refractivity contribution >= 4 is 17.5 Å². The maximum atomic E-state index is 13.9. The number of aliphatic hydroxyl groups excluding tert-OH is 1. The highest BCUT2D eigenvalue weighted by Gasteiger charge is 2.47. The Balaban J connectivity index is 1.63. The molecule has 1 aromatic rings. The molecule has 0 aliphatic heterocycles. The molecule has 1 amide bonds. The van der Waals surface area contributed by atoms with Gasteiger partial charge >= 0.3 is 0 Å². The van der Waals surface area contributed by atoms with Crippen LogP contribution >= 0.6 is 11.6 Å². The van der Waals surface area contributed by atoms with Crippen LogP contribution in [0.4, 0.5) is 4.39 Å². The summed E-state index contributed by atoms with van der Waals surface area (Å²) in [4.78, 5) is 12.4. The molecule has 120 valence electrons. The number of hydrogen-bond donors (Lipinski definition) is 2. The van der Waals surface area contributed by atoms with E-state index >= 15 is 0 Å². The number of halogens is 2. The first-order valence-corrected chi connectivity index (χ1v) is 8.34. The number of amides is 1. The van der Waals surface area contributed by atoms with Gasteiger partial charge in [-0.1, -0.05) is 30.5 Å². The van der Waals surface area contributed by atoms with Crippen molar-refractivity contribution in [2.45, 2.75) is 44.1 Å². The lowest BCUT2D eigenvalue weighted by Crippen LogP contribution is -2.44. The maximum Gasteiger partial charge on any atom is 0.223 e. The second-order valence-electron chi connectivity index (χ2n) is 6.43. The first kappa shape index (κ1) is 15.8. The van der Waals surface area contributed by atoms with Crippen LogP contribution in [0.25, 0.3) is 0 Å². The average Bonchev–Trinajstić information content (AvgIpc) is 3.28. The first-order valence-electron chi connectivity index (χ1n) is 7.97. The highest BCUT2D eigenvalue weighted by atomic mass is 35.5. The molecule has 0 aromatic heterocycles. The van der Waals surface area contributed by atoms with Gasteiger partial charge in [0.2, 0.25) is 5.91 Å². The van der Waals surface area contributed by atoms with Crippen LogP contribution in [-0.2, 0) is 4.79 Å². The third-order valence-electron chi connectivity index (χ3n) is 4.97. The van der Waals surface area contributed by atoms with Crippen molar-refractivity contribution < 1.29 is 14.3 Å². The quantitative estimate of drug-likeness (QED) is 0.892. The molecule has 3 rings (SSSR count). The Morgan fingerprint density at radius 2 is 2.14 bits per heavy atom. The fourth-order valence-electron chi connectivity index (χ4n) is 3.57. The number of aliphatic hydroxyl groups is 1. The van der Waals surface area contributed by atoms with E-state index in [9.17, 15) is 14.3 Å². The molecule has 4 atom stereocenters. The summed E-state index contributed by atoms with van der Waals surface area (Å²) in [5, 5.41) is 12.9. The molecule has 2 saturated carbocycles. The van der Waals surface area contributed by atoms with E-state index in [0.717, 1.165) is 25.7 Å². The predicted molar refractivity (Wildman–Crippen MR) is 83.2 cm³/mol. The van der Waals surface area contributed by atoms with Crippen LogP contribution in [0.3, 0.4) is 0 Å². The second-order valence-corrected chi connectivity index (χ2v) is 6.83. The van der Waals surface area contributed by atoms with Gasteiger partial charge in [-0.25, -0.2) is 4.39 Å². The topological polar surface area (TPSA) is 49.3 Å². The second kappa shape index (κ2) is 6.55. The normalized spacial score (nSPS) is 30.9. The molecular weight excluding hydrogens is 305 g/mol. The Morgan fingerprint density at radius 1 is 1.36 bits per heavy atom. The molecule has 0 bridgehead atoms. The molecule has 3 nitrogen and oxygen atoms in total. The monoisotopic (exact) mass is 325 g/mol. The molecule has 4 unspecified atom stereocenters. The van der Waals surface area contributed by atoms with E-state index in [1.807, 2.05) is 0 Å². The molecule has 5 heteroatoms. The molecule has 0 saturated heterocycles. The number of carbonyl (C=O) groups is 1. The zero-order chi connectivity index (χ0) is 15.7. The van der Waals surface area contributed by atoms with Gasteiger partial charge in [0.05, 0.1) is 0 Å². The third kappa shape index (κ3) is 3.13. The van der Waals surface area contributed by atoms with Crippen molar-refractivity contribution in [1.82, 2.24) is 5.32 Å². The number of nitrogens with one attached hydrogen (secondary N) is 1. The number of benzene rings is 1. The molecule has 2 N–H and O–H groups in total. The zero-order valence-corrected chi connectivity index (χ0v) is 13.2. The smallest absolute Gasteiger partial charge is 0.223 e. The molecule has 0 heterocycles. The minimum atomic E-state index is -0.335. The minimum Gasteiger partial charge on any atom is -0.396 e. The summed E-state index contributed by atoms with van der Waals surface area (Å²) in [5.74, 6) is -0.541. The fourth-order valence-corrected chi connectivity index (χ4v) is 3.88. The van der Waals surface area contributed by atoms with E-state index in [1.165, 1.54) is 6.07 Å². The van der Waals surface area contributed by atoms with Crippen molar-refractivity contribution in [3.05, 3.63) is 34.6 Å². The highest BCUT2D eigenvalue weighted by Crippen LogP contribution is 2.50. The van der Waals surface area contributed by atoms with Gasteiger partial charge in [0.1, 0.15) is 5.82 Å². The molecule has 2 aliphatic carbocycles. The summed E-state index contributed by atoms with van der Waals surface area (Å²) < 4.78 is 13.9. The Kier molecular flexibility index (Phi) is 4.69. The molecule has 0 radical (unpaired) electrons. The lowest BCUT2D eigenvalue weighted by Gasteiger charge is -2.31. The molecule has 2 aliphatic rings. The zero-order valence-electron chi connectivity index (χ0n) is 12.4. The lowest BCUT2D eigenvalue weighted by molar-refractivity contribution is -0.123. The fraction of sp³-hybridized carbons (Fsp3) is 0.588. The van der Waals surface area contributed by atoms with Crippen molar-refractivity contribution in [2.75, 3.05) is 6.61 Å². The standard InChI is InChI=1S/C17H21ClFNO2/c18-13-5-3-6-14(19)16(13)11-8-12(11)17(22)20-15-7-2-1-4-10(15)9-21/h3,5-6,10-12,15,21H,1-2,4,7-9H2,(H,20,22). The van der Waals surface area contributed by atoms with Gasteiger partial charge in [0.15, 0.2) is 0 Å². The van der Waals surface area contributed by atoms with Gasteiger partial charge < -0.3 is 10.4 Å². The highest BCUT2D eigenvalue weighted by molar-refractivity contribution is 6.31. The largest absolute Gasteiger partial charge is 0.396 e. The Morgan fingerprint density at radius 3 is 2.86 bits per heavy atom. The number of carbonyl (C=O) groups excluding carboxylic acids is 1. The SMILES string of the molecule is O=C(NC1CCCCC1CO)C1CC1c1c(F)cccc1Cl. The van der Waals surface area contributed by atoms with Gasteiger partial charge in [0, 0.05) is 41.0 Å². The van der Waals surface area contributed by atoms with E-state index in [0.29, 0.717) is 17.0 Å². The molecule has 22 heavy (non-hydrogen) atoms. The summed E-state index contributed by atoms with van der Waals surface area (Å²) in [7, 11) is 0. The van der Waals surface area contributed by atoms with Crippen LogP contribution in [0.15, 0.2) is 18.2 Å². The van der Waals surface area contributed by atoms with Crippen molar-refractivity contribution in [3.63, 3.8) is 0 Å². The van der Waals surface area contributed by atoms with Crippen LogP contribution < -0.4 is 5.32 Å². The minimum absolute atomic E-state index is 0.0327. The summed E-state index contributed by atoms with van der Waals surface area (Å²) in [6.07, 6.45) is 4.69. The van der Waals surface area contributed by atoms with Crippen LogP contribution in [0.2, 0.25) is 5.02 Å². The van der Waals surface area contributed by atoms with Gasteiger partial charge in [-0.15, -0.1) is 0 Å². The summed E-state index contributed by atoms with van der Waals surface area (Å²) in [6.45, 7) is 0.109. The van der Waals surface area contributed by atoms with Gasteiger partial charge in [-0.3, -0.25) is 4.79 Å². The van der Waals surface area contributed by atoms with Gasteiger partial charge in [-0.2, -0.15) is 0 Å². The average molecular weight is 326 g/mol. The van der Waals surface area contributed by atoms with Crippen LogP contribution in [-0.4, -0.2) is 23.7 Å². The first-order chi connectivity index (χ1) is 10.6. The van der Waals surface area contributed by atoms with Crippen LogP contribution in [0.1, 0.15) is 43.6 Å². The van der Waals surface area contributed by atoms with Crippen LogP contribution in [0, 0.1) is 17.7 Å².